The first-order valence-corrected chi connectivity index (χ1v) is 10.4. The number of aromatic nitrogens is 1. The number of benzene rings is 1. The van der Waals surface area contributed by atoms with Crippen molar-refractivity contribution in [2.24, 2.45) is 7.05 Å². The van der Waals surface area contributed by atoms with Crippen LogP contribution in [0.25, 0.3) is 0 Å². The molecule has 0 saturated carbocycles. The fraction of sp³-hybridized carbons (Fsp3) is 0.478. The van der Waals surface area contributed by atoms with Gasteiger partial charge in [-0.3, -0.25) is 14.5 Å². The number of aryl methyl sites for hydroxylation is 1. The second kappa shape index (κ2) is 7.76. The number of amides is 1. The van der Waals surface area contributed by atoms with Crippen LogP contribution in [0.15, 0.2) is 47.3 Å². The minimum Gasteiger partial charge on any atom is -0.383 e. The molecule has 6 nitrogen and oxygen atoms in total. The van der Waals surface area contributed by atoms with Crippen molar-refractivity contribution in [3.63, 3.8) is 0 Å². The molecule has 0 spiro atoms. The zero-order valence-electron chi connectivity index (χ0n) is 17.2. The molecular weight excluding hydrogens is 366 g/mol. The van der Waals surface area contributed by atoms with Crippen molar-refractivity contribution < 1.29 is 9.90 Å². The van der Waals surface area contributed by atoms with E-state index in [0.29, 0.717) is 19.5 Å². The molecule has 1 N–H and O–H groups in total. The van der Waals surface area contributed by atoms with E-state index in [4.69, 9.17) is 0 Å². The van der Waals surface area contributed by atoms with E-state index in [0.717, 1.165) is 37.2 Å². The van der Waals surface area contributed by atoms with Crippen LogP contribution in [0.1, 0.15) is 40.9 Å². The Hall–Kier alpha value is -2.44. The van der Waals surface area contributed by atoms with Crippen LogP contribution < -0.4 is 5.56 Å². The van der Waals surface area contributed by atoms with Gasteiger partial charge in [0.15, 0.2) is 0 Å². The first-order chi connectivity index (χ1) is 13.9. The van der Waals surface area contributed by atoms with Crippen molar-refractivity contribution in [2.75, 3.05) is 26.2 Å². The second-order valence-corrected chi connectivity index (χ2v) is 8.30. The molecule has 2 aromatic rings. The molecule has 0 aliphatic carbocycles. The molecule has 2 atom stereocenters. The third-order valence-electron chi connectivity index (χ3n) is 6.64. The Morgan fingerprint density at radius 2 is 1.76 bits per heavy atom. The molecule has 0 unspecified atom stereocenters. The van der Waals surface area contributed by atoms with E-state index in [-0.39, 0.29) is 23.1 Å². The van der Waals surface area contributed by atoms with E-state index in [1.807, 2.05) is 37.3 Å². The van der Waals surface area contributed by atoms with Crippen LogP contribution in [0.2, 0.25) is 0 Å². The Balaban J connectivity index is 1.65. The monoisotopic (exact) mass is 395 g/mol. The number of rotatable bonds is 3. The largest absolute Gasteiger partial charge is 0.383 e. The molecule has 0 radical (unpaired) electrons. The maximum atomic E-state index is 13.2. The Morgan fingerprint density at radius 3 is 2.45 bits per heavy atom. The van der Waals surface area contributed by atoms with Gasteiger partial charge in [0.1, 0.15) is 11.2 Å². The summed E-state index contributed by atoms with van der Waals surface area (Å²) in [6.45, 7) is 4.54. The Kier molecular flexibility index (Phi) is 5.32. The van der Waals surface area contributed by atoms with Crippen molar-refractivity contribution in [3.8, 4) is 0 Å². The number of hydrogen-bond acceptors (Lipinski definition) is 4. The zero-order valence-corrected chi connectivity index (χ0v) is 17.2. The molecule has 154 valence electrons. The van der Waals surface area contributed by atoms with Gasteiger partial charge in [-0.05, 0) is 57.0 Å². The van der Waals surface area contributed by atoms with Gasteiger partial charge in [0.25, 0.3) is 11.5 Å². The third kappa shape index (κ3) is 3.51. The summed E-state index contributed by atoms with van der Waals surface area (Å²) in [5, 5.41) is 11.7. The molecule has 4 rings (SSSR count). The highest BCUT2D eigenvalue weighted by Crippen LogP contribution is 2.37. The highest BCUT2D eigenvalue weighted by atomic mass is 16.3. The summed E-state index contributed by atoms with van der Waals surface area (Å²) in [5.74, 6) is -0.245. The minimum absolute atomic E-state index is 0.181. The standard InChI is InChI=1S/C23H29N3O3/c1-17-10-11-19(21(27)24(17)2)22(28)26-15-12-23(29,18-8-4-3-5-9-18)20(16-26)25-13-6-7-14-25/h3-5,8-11,20,29H,6-7,12-16H2,1-2H3/t20-,23+/m1/s1. The van der Waals surface area contributed by atoms with Crippen LogP contribution in [0.3, 0.4) is 0 Å². The van der Waals surface area contributed by atoms with Crippen molar-refractivity contribution in [3.05, 3.63) is 69.6 Å². The molecule has 2 saturated heterocycles. The third-order valence-corrected chi connectivity index (χ3v) is 6.64. The van der Waals surface area contributed by atoms with Gasteiger partial charge in [-0.15, -0.1) is 0 Å². The van der Waals surface area contributed by atoms with Gasteiger partial charge in [-0.1, -0.05) is 30.3 Å². The lowest BCUT2D eigenvalue weighted by Gasteiger charge is -2.48. The topological polar surface area (TPSA) is 65.8 Å². The molecule has 3 heterocycles. The summed E-state index contributed by atoms with van der Waals surface area (Å²) in [7, 11) is 1.69. The maximum absolute atomic E-state index is 13.2. The van der Waals surface area contributed by atoms with Gasteiger partial charge in [0.2, 0.25) is 0 Å². The molecule has 2 aliphatic rings. The average molecular weight is 396 g/mol. The molecule has 0 bridgehead atoms. The smallest absolute Gasteiger partial charge is 0.263 e. The van der Waals surface area contributed by atoms with E-state index in [1.165, 1.54) is 4.57 Å². The number of piperidine rings is 1. The maximum Gasteiger partial charge on any atom is 0.263 e. The van der Waals surface area contributed by atoms with E-state index in [2.05, 4.69) is 4.90 Å². The summed E-state index contributed by atoms with van der Waals surface area (Å²) in [4.78, 5) is 29.9. The second-order valence-electron chi connectivity index (χ2n) is 8.30. The highest BCUT2D eigenvalue weighted by Gasteiger charge is 2.47. The summed E-state index contributed by atoms with van der Waals surface area (Å²) < 4.78 is 1.51. The van der Waals surface area contributed by atoms with Crippen LogP contribution in [0.5, 0.6) is 0 Å². The number of hydrogen-bond donors (Lipinski definition) is 1. The van der Waals surface area contributed by atoms with Crippen LogP contribution in [0.4, 0.5) is 0 Å². The minimum atomic E-state index is -0.999. The lowest BCUT2D eigenvalue weighted by atomic mass is 9.79. The number of nitrogens with zero attached hydrogens (tertiary/aromatic N) is 3. The highest BCUT2D eigenvalue weighted by molar-refractivity contribution is 5.94. The van der Waals surface area contributed by atoms with E-state index in [1.54, 1.807) is 24.1 Å². The van der Waals surface area contributed by atoms with Gasteiger partial charge in [0, 0.05) is 25.8 Å². The predicted molar refractivity (Wildman–Crippen MR) is 112 cm³/mol. The summed E-state index contributed by atoms with van der Waals surface area (Å²) in [6.07, 6.45) is 2.66. The molecule has 6 heteroatoms. The quantitative estimate of drug-likeness (QED) is 0.862. The number of aliphatic hydroxyl groups is 1. The van der Waals surface area contributed by atoms with Crippen LogP contribution in [0, 0.1) is 6.92 Å². The average Bonchev–Trinajstić information content (AvgIpc) is 3.27. The molecule has 1 aromatic carbocycles. The summed E-state index contributed by atoms with van der Waals surface area (Å²) in [5.41, 5.74) is 0.648. The van der Waals surface area contributed by atoms with E-state index >= 15 is 0 Å². The van der Waals surface area contributed by atoms with E-state index < -0.39 is 5.60 Å². The van der Waals surface area contributed by atoms with Crippen LogP contribution in [-0.2, 0) is 12.6 Å². The van der Waals surface area contributed by atoms with Crippen molar-refractivity contribution in [1.82, 2.24) is 14.4 Å². The number of carbonyl (C=O) groups excluding carboxylic acids is 1. The van der Waals surface area contributed by atoms with Gasteiger partial charge in [-0.25, -0.2) is 0 Å². The number of likely N-dealkylation sites (tertiary alicyclic amines) is 2. The first kappa shape index (κ1) is 19.9. The first-order valence-electron chi connectivity index (χ1n) is 10.4. The predicted octanol–water partition coefficient (Wildman–Crippen LogP) is 1.89. The van der Waals surface area contributed by atoms with Crippen molar-refractivity contribution in [1.29, 1.82) is 0 Å². The number of carbonyl (C=O) groups is 1. The van der Waals surface area contributed by atoms with E-state index in [9.17, 15) is 14.7 Å². The Morgan fingerprint density at radius 1 is 1.07 bits per heavy atom. The lowest BCUT2D eigenvalue weighted by molar-refractivity contribution is -0.0878. The normalized spacial score (nSPS) is 25.3. The summed E-state index contributed by atoms with van der Waals surface area (Å²) in [6, 6.07) is 13.0. The summed E-state index contributed by atoms with van der Waals surface area (Å²) >= 11 is 0. The molecule has 29 heavy (non-hydrogen) atoms. The zero-order chi connectivity index (χ0) is 20.6. The lowest BCUT2D eigenvalue weighted by Crippen LogP contribution is -2.61. The molecule has 2 aliphatic heterocycles. The molecular formula is C23H29N3O3. The van der Waals surface area contributed by atoms with Gasteiger partial charge >= 0.3 is 0 Å². The molecule has 1 amide bonds. The van der Waals surface area contributed by atoms with Crippen LogP contribution in [-0.4, -0.2) is 57.6 Å². The SMILES string of the molecule is Cc1ccc(C(=O)N2CC[C@](O)(c3ccccc3)[C@H](N3CCCC3)C2)c(=O)n1C. The number of pyridine rings is 1. The van der Waals surface area contributed by atoms with Crippen LogP contribution >= 0.6 is 0 Å². The fourth-order valence-electron chi connectivity index (χ4n) is 4.70. The Labute approximate surface area is 171 Å². The van der Waals surface area contributed by atoms with Crippen molar-refractivity contribution >= 4 is 5.91 Å². The Bertz CT molecular complexity index is 950. The molecule has 2 fully saturated rings. The molecule has 1 aromatic heterocycles. The van der Waals surface area contributed by atoms with Gasteiger partial charge < -0.3 is 14.6 Å². The van der Waals surface area contributed by atoms with Crippen molar-refractivity contribution in [2.45, 2.75) is 37.8 Å². The van der Waals surface area contributed by atoms with Gasteiger partial charge in [0.05, 0.1) is 6.04 Å². The van der Waals surface area contributed by atoms with Gasteiger partial charge in [-0.2, -0.15) is 0 Å². The fourth-order valence-corrected chi connectivity index (χ4v) is 4.70.